The van der Waals surface area contributed by atoms with E-state index < -0.39 is 0 Å². The van der Waals surface area contributed by atoms with Gasteiger partial charge in [-0.2, -0.15) is 0 Å². The van der Waals surface area contributed by atoms with Crippen molar-refractivity contribution in [2.24, 2.45) is 0 Å². The molecule has 132 valence electrons. The van der Waals surface area contributed by atoms with E-state index in [2.05, 4.69) is 23.7 Å². The van der Waals surface area contributed by atoms with Crippen LogP contribution < -0.4 is 0 Å². The summed E-state index contributed by atoms with van der Waals surface area (Å²) in [4.78, 5) is 20.2. The van der Waals surface area contributed by atoms with E-state index in [-0.39, 0.29) is 5.91 Å². The molecule has 0 aliphatic heterocycles. The minimum absolute atomic E-state index is 0.0167. The molecule has 0 N–H and O–H groups in total. The summed E-state index contributed by atoms with van der Waals surface area (Å²) in [6.45, 7) is 6.78. The average Bonchev–Trinajstić information content (AvgIpc) is 3.02. The van der Waals surface area contributed by atoms with Gasteiger partial charge in [0.05, 0.1) is 10.7 Å². The maximum Gasteiger partial charge on any atom is 0.266 e. The third-order valence-electron chi connectivity index (χ3n) is 4.09. The monoisotopic (exact) mass is 362 g/mol. The highest BCUT2D eigenvalue weighted by Gasteiger charge is 2.21. The molecule has 1 heterocycles. The quantitative estimate of drug-likeness (QED) is 0.562. The molecule has 0 saturated heterocycles. The molecule has 0 atom stereocenters. The van der Waals surface area contributed by atoms with Gasteiger partial charge in [-0.15, -0.1) is 17.9 Å². The van der Waals surface area contributed by atoms with Gasteiger partial charge in [-0.1, -0.05) is 66.7 Å². The second kappa shape index (κ2) is 8.59. The molecular formula is C22H22N2OS. The second-order valence-corrected chi connectivity index (χ2v) is 7.23. The smallest absolute Gasteiger partial charge is 0.266 e. The summed E-state index contributed by atoms with van der Waals surface area (Å²) in [5, 5.41) is 0.968. The molecule has 0 fully saturated rings. The van der Waals surface area contributed by atoms with Crippen molar-refractivity contribution >= 4 is 17.2 Å². The van der Waals surface area contributed by atoms with E-state index in [1.807, 2.05) is 60.4 Å². The molecule has 0 spiro atoms. The first-order chi connectivity index (χ1) is 12.7. The van der Waals surface area contributed by atoms with Crippen molar-refractivity contribution in [3.63, 3.8) is 0 Å². The Morgan fingerprint density at radius 3 is 2.31 bits per heavy atom. The molecule has 26 heavy (non-hydrogen) atoms. The lowest BCUT2D eigenvalue weighted by molar-refractivity contribution is 0.0766. The standard InChI is InChI=1S/C22H22N2OS/c1-3-14-24(16-19-12-8-5-9-13-19)22(25)21-17(2)23-20(26-21)15-18-10-6-4-7-11-18/h3-13H,1,14-16H2,2H3. The Bertz CT molecular complexity index is 872. The first kappa shape index (κ1) is 18.1. The predicted octanol–water partition coefficient (Wildman–Crippen LogP) is 4.87. The molecule has 0 unspecified atom stereocenters. The third kappa shape index (κ3) is 4.46. The maximum absolute atomic E-state index is 13.1. The topological polar surface area (TPSA) is 33.2 Å². The molecule has 3 nitrogen and oxygen atoms in total. The maximum atomic E-state index is 13.1. The van der Waals surface area contributed by atoms with Crippen LogP contribution in [0.2, 0.25) is 0 Å². The fourth-order valence-electron chi connectivity index (χ4n) is 2.82. The van der Waals surface area contributed by atoms with Crippen LogP contribution in [0.4, 0.5) is 0 Å². The lowest BCUT2D eigenvalue weighted by Gasteiger charge is -2.20. The van der Waals surface area contributed by atoms with Crippen molar-refractivity contribution in [2.45, 2.75) is 19.9 Å². The molecule has 1 amide bonds. The molecule has 0 aliphatic carbocycles. The Balaban J connectivity index is 1.79. The number of aryl methyl sites for hydroxylation is 1. The highest BCUT2D eigenvalue weighted by molar-refractivity contribution is 7.13. The van der Waals surface area contributed by atoms with Crippen molar-refractivity contribution < 1.29 is 4.79 Å². The summed E-state index contributed by atoms with van der Waals surface area (Å²) in [5.74, 6) is 0.0167. The number of carbonyl (C=O) groups excluding carboxylic acids is 1. The van der Waals surface area contributed by atoms with E-state index in [9.17, 15) is 4.79 Å². The SMILES string of the molecule is C=CCN(Cc1ccccc1)C(=O)c1sc(Cc2ccccc2)nc1C. The largest absolute Gasteiger partial charge is 0.330 e. The minimum Gasteiger partial charge on any atom is -0.330 e. The Labute approximate surface area is 158 Å². The molecule has 4 heteroatoms. The highest BCUT2D eigenvalue weighted by Crippen LogP contribution is 2.23. The van der Waals surface area contributed by atoms with E-state index in [1.54, 1.807) is 6.08 Å². The van der Waals surface area contributed by atoms with Crippen LogP contribution in [0.1, 0.15) is 31.5 Å². The van der Waals surface area contributed by atoms with Gasteiger partial charge in [0, 0.05) is 19.5 Å². The second-order valence-electron chi connectivity index (χ2n) is 6.14. The fourth-order valence-corrected chi connectivity index (χ4v) is 3.89. The van der Waals surface area contributed by atoms with Crippen molar-refractivity contribution in [1.82, 2.24) is 9.88 Å². The summed E-state index contributed by atoms with van der Waals surface area (Å²) in [6, 6.07) is 20.2. The molecule has 0 radical (unpaired) electrons. The Morgan fingerprint density at radius 1 is 1.08 bits per heavy atom. The van der Waals surface area contributed by atoms with Gasteiger partial charge < -0.3 is 4.90 Å². The predicted molar refractivity (Wildman–Crippen MR) is 107 cm³/mol. The van der Waals surface area contributed by atoms with Gasteiger partial charge in [0.25, 0.3) is 5.91 Å². The molecule has 1 aromatic heterocycles. The van der Waals surface area contributed by atoms with Crippen LogP contribution in [-0.4, -0.2) is 22.3 Å². The number of thiazole rings is 1. The number of rotatable bonds is 7. The number of carbonyl (C=O) groups is 1. The van der Waals surface area contributed by atoms with E-state index in [1.165, 1.54) is 16.9 Å². The molecule has 0 aliphatic rings. The van der Waals surface area contributed by atoms with Crippen molar-refractivity contribution in [3.8, 4) is 0 Å². The van der Waals surface area contributed by atoms with Crippen LogP contribution in [0, 0.1) is 6.92 Å². The number of hydrogen-bond acceptors (Lipinski definition) is 3. The van der Waals surface area contributed by atoms with Crippen molar-refractivity contribution in [3.05, 3.63) is 100 Å². The lowest BCUT2D eigenvalue weighted by Crippen LogP contribution is -2.30. The van der Waals surface area contributed by atoms with E-state index in [0.29, 0.717) is 18.0 Å². The summed E-state index contributed by atoms with van der Waals surface area (Å²) < 4.78 is 0. The number of aromatic nitrogens is 1. The molecule has 0 saturated carbocycles. The Morgan fingerprint density at radius 2 is 1.69 bits per heavy atom. The van der Waals surface area contributed by atoms with Gasteiger partial charge in [0.1, 0.15) is 4.88 Å². The summed E-state index contributed by atoms with van der Waals surface area (Å²) >= 11 is 1.49. The zero-order valence-electron chi connectivity index (χ0n) is 14.9. The van der Waals surface area contributed by atoms with Crippen LogP contribution in [0.3, 0.4) is 0 Å². The lowest BCUT2D eigenvalue weighted by atomic mass is 10.2. The third-order valence-corrected chi connectivity index (χ3v) is 5.23. The van der Waals surface area contributed by atoms with E-state index in [4.69, 9.17) is 0 Å². The van der Waals surface area contributed by atoms with Crippen LogP contribution in [0.5, 0.6) is 0 Å². The first-order valence-corrected chi connectivity index (χ1v) is 9.43. The molecular weight excluding hydrogens is 340 g/mol. The Kier molecular flexibility index (Phi) is 5.97. The molecule has 2 aromatic carbocycles. The molecule has 3 aromatic rings. The van der Waals surface area contributed by atoms with Gasteiger partial charge in [-0.3, -0.25) is 4.79 Å². The summed E-state index contributed by atoms with van der Waals surface area (Å²) in [6.07, 6.45) is 2.52. The van der Waals surface area contributed by atoms with Crippen molar-refractivity contribution in [2.75, 3.05) is 6.54 Å². The van der Waals surface area contributed by atoms with Gasteiger partial charge in [0.15, 0.2) is 0 Å². The highest BCUT2D eigenvalue weighted by atomic mass is 32.1. The van der Waals surface area contributed by atoms with Gasteiger partial charge in [-0.05, 0) is 18.1 Å². The summed E-state index contributed by atoms with van der Waals surface area (Å²) in [5.41, 5.74) is 3.11. The van der Waals surface area contributed by atoms with Crippen LogP contribution >= 0.6 is 11.3 Å². The van der Waals surface area contributed by atoms with Crippen LogP contribution in [0.15, 0.2) is 73.3 Å². The van der Waals surface area contributed by atoms with E-state index in [0.717, 1.165) is 22.7 Å². The number of amides is 1. The molecule has 3 rings (SSSR count). The first-order valence-electron chi connectivity index (χ1n) is 8.61. The number of nitrogens with zero attached hydrogens (tertiary/aromatic N) is 2. The fraction of sp³-hybridized carbons (Fsp3) is 0.182. The van der Waals surface area contributed by atoms with Gasteiger partial charge in [-0.25, -0.2) is 4.98 Å². The van der Waals surface area contributed by atoms with Crippen LogP contribution in [0.25, 0.3) is 0 Å². The Hall–Kier alpha value is -2.72. The number of benzene rings is 2. The zero-order chi connectivity index (χ0) is 18.4. The number of hydrogen-bond donors (Lipinski definition) is 0. The zero-order valence-corrected chi connectivity index (χ0v) is 15.7. The van der Waals surface area contributed by atoms with Gasteiger partial charge in [0.2, 0.25) is 0 Å². The molecule has 0 bridgehead atoms. The van der Waals surface area contributed by atoms with Crippen LogP contribution in [-0.2, 0) is 13.0 Å². The summed E-state index contributed by atoms with van der Waals surface area (Å²) in [7, 11) is 0. The normalized spacial score (nSPS) is 10.5. The average molecular weight is 362 g/mol. The minimum atomic E-state index is 0.0167. The van der Waals surface area contributed by atoms with Gasteiger partial charge >= 0.3 is 0 Å². The van der Waals surface area contributed by atoms with E-state index >= 15 is 0 Å². The van der Waals surface area contributed by atoms with Crippen molar-refractivity contribution in [1.29, 1.82) is 0 Å².